The molecule has 43 heavy (non-hydrogen) atoms. The predicted molar refractivity (Wildman–Crippen MR) is 170 cm³/mol. The molecule has 1 aliphatic carbocycles. The van der Waals surface area contributed by atoms with Gasteiger partial charge in [-0.05, 0) is 61.9 Å². The number of nitrogens with zero attached hydrogens (tertiary/aromatic N) is 3. The van der Waals surface area contributed by atoms with Crippen molar-refractivity contribution in [3.63, 3.8) is 0 Å². The van der Waals surface area contributed by atoms with Gasteiger partial charge < -0.3 is 9.84 Å². The van der Waals surface area contributed by atoms with Crippen molar-refractivity contribution >= 4 is 49.3 Å². The van der Waals surface area contributed by atoms with Crippen LogP contribution in [0.5, 0.6) is 5.88 Å². The number of aliphatic imine (C=N–C) groups is 1. The molecule has 11 heteroatoms. The third-order valence-corrected chi connectivity index (χ3v) is 11.0. The van der Waals surface area contributed by atoms with Crippen molar-refractivity contribution in [3.8, 4) is 11.6 Å². The number of aromatic hydroxyl groups is 1. The van der Waals surface area contributed by atoms with Crippen LogP contribution in [0, 0.1) is 5.92 Å². The zero-order valence-corrected chi connectivity index (χ0v) is 26.3. The minimum Gasteiger partial charge on any atom is -0.494 e. The summed E-state index contributed by atoms with van der Waals surface area (Å²) in [7, 11) is -3.81. The summed E-state index contributed by atoms with van der Waals surface area (Å²) < 4.78 is 34.3. The molecule has 0 saturated carbocycles. The maximum atomic E-state index is 13.7. The van der Waals surface area contributed by atoms with E-state index in [-0.39, 0.29) is 22.8 Å². The number of esters is 1. The number of benzene rings is 2. The van der Waals surface area contributed by atoms with E-state index in [2.05, 4.69) is 6.92 Å². The van der Waals surface area contributed by atoms with E-state index in [0.717, 1.165) is 34.3 Å². The number of hydrogen-bond acceptors (Lipinski definition) is 8. The first-order valence-corrected chi connectivity index (χ1v) is 16.7. The number of ether oxygens (including phenoxy) is 1. The highest BCUT2D eigenvalue weighted by atomic mass is 32.2. The lowest BCUT2D eigenvalue weighted by molar-refractivity contribution is 0.0526. The molecule has 2 heterocycles. The van der Waals surface area contributed by atoms with Crippen LogP contribution in [-0.2, 0) is 27.6 Å². The first-order chi connectivity index (χ1) is 20.6. The van der Waals surface area contributed by atoms with E-state index in [0.29, 0.717) is 40.3 Å². The molecule has 0 radical (unpaired) electrons. The Morgan fingerprint density at radius 2 is 1.86 bits per heavy atom. The Balaban J connectivity index is 1.69. The molecule has 4 aromatic rings. The van der Waals surface area contributed by atoms with Gasteiger partial charge >= 0.3 is 5.97 Å². The average Bonchev–Trinajstić information content (AvgIpc) is 3.35. The second-order valence-corrected chi connectivity index (χ2v) is 13.5. The number of fused-ring (bicyclic) bond motifs is 2. The molecular weight excluding hydrogens is 587 g/mol. The number of pyridine rings is 1. The maximum Gasteiger partial charge on any atom is 0.341 e. The number of carbonyl (C=O) groups excluding carboxylic acids is 1. The quantitative estimate of drug-likeness (QED) is 0.185. The summed E-state index contributed by atoms with van der Waals surface area (Å²) in [5, 5.41) is 12.9. The highest BCUT2D eigenvalue weighted by Crippen LogP contribution is 2.42. The predicted octanol–water partition coefficient (Wildman–Crippen LogP) is 5.84. The average molecular weight is 622 g/mol. The van der Waals surface area contributed by atoms with Gasteiger partial charge in [-0.15, -0.1) is 11.3 Å². The van der Waals surface area contributed by atoms with Crippen LogP contribution in [0.2, 0.25) is 0 Å². The molecule has 0 unspecified atom stereocenters. The molecule has 9 nitrogen and oxygen atoms in total. The van der Waals surface area contributed by atoms with E-state index in [9.17, 15) is 23.1 Å². The number of rotatable bonds is 9. The van der Waals surface area contributed by atoms with Crippen molar-refractivity contribution in [2.24, 2.45) is 10.9 Å². The van der Waals surface area contributed by atoms with Crippen molar-refractivity contribution in [3.05, 3.63) is 80.5 Å². The Kier molecular flexibility index (Phi) is 8.86. The van der Waals surface area contributed by atoms with Gasteiger partial charge in [0.25, 0.3) is 5.56 Å². The topological polar surface area (TPSA) is 118 Å². The molecule has 5 rings (SSSR count). The number of hydrogen-bond donors (Lipinski definition) is 1. The number of aromatic nitrogens is 1. The van der Waals surface area contributed by atoms with Crippen LogP contribution in [0.3, 0.4) is 0 Å². The van der Waals surface area contributed by atoms with Crippen LogP contribution < -0.4 is 5.56 Å². The molecule has 0 fully saturated rings. The lowest BCUT2D eigenvalue weighted by Gasteiger charge is -2.19. The molecule has 0 aliphatic heterocycles. The fraction of sp³-hybridized carbons (Fsp3) is 0.344. The first-order valence-electron chi connectivity index (χ1n) is 14.4. The summed E-state index contributed by atoms with van der Waals surface area (Å²) >= 11 is 1.45. The Labute approximate surface area is 255 Å². The number of carbonyl (C=O) groups is 1. The van der Waals surface area contributed by atoms with E-state index < -0.39 is 27.4 Å². The SMILES string of the molecule is CCOC(=O)c1c(N=Cc2c(O)n(-c3cccc(S(=O)(=O)N(CC)CC)c3)c(=O)c3ccccc23)sc2c1CC[C@@H](C)C2. The molecule has 0 amide bonds. The van der Waals surface area contributed by atoms with Crippen molar-refractivity contribution in [2.75, 3.05) is 19.7 Å². The Morgan fingerprint density at radius 1 is 1.14 bits per heavy atom. The van der Waals surface area contributed by atoms with Gasteiger partial charge in [-0.2, -0.15) is 4.31 Å². The maximum absolute atomic E-state index is 13.7. The summed E-state index contributed by atoms with van der Waals surface area (Å²) in [6.45, 7) is 8.29. The monoisotopic (exact) mass is 621 g/mol. The molecule has 0 spiro atoms. The zero-order valence-electron chi connectivity index (χ0n) is 24.7. The standard InChI is InChI=1S/C32H35N3O6S2/c1-5-34(6-2)43(39,40)22-12-10-11-21(18-22)35-30(36)24-14-9-8-13-23(24)26(31(35)37)19-33-29-28(32(38)41-7-3)25-16-15-20(4)17-27(25)42-29/h8-14,18-20,37H,5-7,15-17H2,1-4H3/t20-/m1/s1. The Bertz CT molecular complexity index is 1890. The van der Waals surface area contributed by atoms with E-state index in [1.54, 1.807) is 57.2 Å². The van der Waals surface area contributed by atoms with Gasteiger partial charge in [0.1, 0.15) is 5.00 Å². The van der Waals surface area contributed by atoms with Crippen molar-refractivity contribution in [2.45, 2.75) is 51.9 Å². The highest BCUT2D eigenvalue weighted by Gasteiger charge is 2.29. The van der Waals surface area contributed by atoms with Crippen LogP contribution >= 0.6 is 11.3 Å². The van der Waals surface area contributed by atoms with Crippen LogP contribution in [0.25, 0.3) is 16.5 Å². The van der Waals surface area contributed by atoms with E-state index in [1.165, 1.54) is 34.0 Å². The molecule has 226 valence electrons. The summed E-state index contributed by atoms with van der Waals surface area (Å²) in [4.78, 5) is 32.6. The third kappa shape index (κ3) is 5.64. The Hall–Kier alpha value is -3.80. The van der Waals surface area contributed by atoms with Crippen LogP contribution in [-0.4, -0.2) is 54.3 Å². The fourth-order valence-corrected chi connectivity index (χ4v) is 8.43. The van der Waals surface area contributed by atoms with Crippen LogP contribution in [0.4, 0.5) is 5.00 Å². The van der Waals surface area contributed by atoms with Gasteiger partial charge in [0.05, 0.1) is 28.3 Å². The molecule has 0 saturated heterocycles. The van der Waals surface area contributed by atoms with Gasteiger partial charge in [0.2, 0.25) is 15.9 Å². The fourth-order valence-electron chi connectivity index (χ4n) is 5.59. The third-order valence-electron chi connectivity index (χ3n) is 7.81. The highest BCUT2D eigenvalue weighted by molar-refractivity contribution is 7.89. The van der Waals surface area contributed by atoms with Gasteiger partial charge in [0.15, 0.2) is 0 Å². The number of sulfonamides is 1. The second kappa shape index (κ2) is 12.4. The van der Waals surface area contributed by atoms with Crippen molar-refractivity contribution in [1.29, 1.82) is 0 Å². The molecule has 1 N–H and O–H groups in total. The van der Waals surface area contributed by atoms with Gasteiger partial charge in [-0.3, -0.25) is 4.79 Å². The zero-order chi connectivity index (χ0) is 30.9. The second-order valence-electron chi connectivity index (χ2n) is 10.5. The Morgan fingerprint density at radius 3 is 2.56 bits per heavy atom. The van der Waals surface area contributed by atoms with Gasteiger partial charge in [0, 0.05) is 35.0 Å². The molecular formula is C32H35N3O6S2. The normalized spacial score (nSPS) is 15.3. The van der Waals surface area contributed by atoms with Gasteiger partial charge in [-0.25, -0.2) is 22.8 Å². The van der Waals surface area contributed by atoms with E-state index >= 15 is 0 Å². The number of thiophene rings is 1. The van der Waals surface area contributed by atoms with Crippen molar-refractivity contribution in [1.82, 2.24) is 8.87 Å². The van der Waals surface area contributed by atoms with Gasteiger partial charge in [-0.1, -0.05) is 45.0 Å². The molecule has 1 aliphatic rings. The molecule has 0 bridgehead atoms. The van der Waals surface area contributed by atoms with Crippen molar-refractivity contribution < 1.29 is 23.1 Å². The molecule has 2 aromatic heterocycles. The summed E-state index contributed by atoms with van der Waals surface area (Å²) in [5.74, 6) is -0.319. The minimum absolute atomic E-state index is 0.0147. The van der Waals surface area contributed by atoms with Crippen LogP contribution in [0.15, 0.2) is 63.2 Å². The lowest BCUT2D eigenvalue weighted by Crippen LogP contribution is -2.30. The van der Waals surface area contributed by atoms with E-state index in [1.807, 2.05) is 0 Å². The summed E-state index contributed by atoms with van der Waals surface area (Å²) in [6, 6.07) is 12.8. The molecule has 1 atom stereocenters. The smallest absolute Gasteiger partial charge is 0.341 e. The lowest BCUT2D eigenvalue weighted by atomic mass is 9.88. The van der Waals surface area contributed by atoms with Crippen LogP contribution in [0.1, 0.15) is 60.5 Å². The van der Waals surface area contributed by atoms with E-state index in [4.69, 9.17) is 9.73 Å². The summed E-state index contributed by atoms with van der Waals surface area (Å²) in [6.07, 6.45) is 4.06. The summed E-state index contributed by atoms with van der Waals surface area (Å²) in [5.41, 5.74) is 1.39. The largest absolute Gasteiger partial charge is 0.494 e. The molecule has 2 aromatic carbocycles. The minimum atomic E-state index is -3.81. The first kappa shape index (κ1) is 30.7.